The summed E-state index contributed by atoms with van der Waals surface area (Å²) >= 11 is 6.88. The Morgan fingerprint density at radius 2 is 2.24 bits per heavy atom. The van der Waals surface area contributed by atoms with Crippen LogP contribution in [0, 0.1) is 11.8 Å². The lowest BCUT2D eigenvalue weighted by atomic mass is 9.96. The molecule has 2 fully saturated rings. The van der Waals surface area contributed by atoms with Gasteiger partial charge in [-0.1, -0.05) is 13.3 Å². The van der Waals surface area contributed by atoms with Crippen molar-refractivity contribution < 1.29 is 4.79 Å². The molecule has 3 rings (SSSR count). The van der Waals surface area contributed by atoms with Crippen LogP contribution in [0.15, 0.2) is 11.4 Å². The maximum Gasteiger partial charge on any atom is 0.270 e. The second kappa shape index (κ2) is 6.32. The molecule has 114 valence electrons. The zero-order valence-electron chi connectivity index (χ0n) is 12.1. The van der Waals surface area contributed by atoms with Crippen molar-refractivity contribution >= 4 is 34.6 Å². The summed E-state index contributed by atoms with van der Waals surface area (Å²) in [6, 6.07) is 2.40. The lowest BCUT2D eigenvalue weighted by Crippen LogP contribution is -2.50. The van der Waals surface area contributed by atoms with E-state index in [1.54, 1.807) is 11.3 Å². The Morgan fingerprint density at radius 3 is 2.86 bits per heavy atom. The Morgan fingerprint density at radius 1 is 1.38 bits per heavy atom. The highest BCUT2D eigenvalue weighted by Crippen LogP contribution is 2.44. The third kappa shape index (κ3) is 3.37. The Hall–Kier alpha value is -1.14. The molecule has 3 N–H and O–H groups in total. The summed E-state index contributed by atoms with van der Waals surface area (Å²) in [5, 5.41) is 5.74. The number of amides is 1. The second-order valence-corrected chi connectivity index (χ2v) is 7.39. The van der Waals surface area contributed by atoms with Gasteiger partial charge in [0.05, 0.1) is 5.56 Å². The van der Waals surface area contributed by atoms with E-state index in [0.29, 0.717) is 16.7 Å². The molecule has 0 spiro atoms. The summed E-state index contributed by atoms with van der Waals surface area (Å²) in [5.41, 5.74) is 6.18. The van der Waals surface area contributed by atoms with Gasteiger partial charge in [-0.05, 0) is 55.8 Å². The van der Waals surface area contributed by atoms with E-state index >= 15 is 0 Å². The molecule has 2 aliphatic rings. The minimum atomic E-state index is -0.136. The molecule has 1 aromatic rings. The van der Waals surface area contributed by atoms with Gasteiger partial charge in [-0.3, -0.25) is 15.6 Å². The minimum absolute atomic E-state index is 0.136. The molecule has 0 saturated heterocycles. The molecule has 21 heavy (non-hydrogen) atoms. The number of hydrogen-bond donors (Lipinski definition) is 3. The maximum atomic E-state index is 12.0. The monoisotopic (exact) mass is 323 g/mol. The molecule has 0 radical (unpaired) electrons. The highest BCUT2D eigenvalue weighted by Gasteiger charge is 2.39. The average molecular weight is 323 g/mol. The first-order chi connectivity index (χ1) is 10.2. The number of thiophene rings is 1. The van der Waals surface area contributed by atoms with E-state index in [9.17, 15) is 4.79 Å². The van der Waals surface area contributed by atoms with Gasteiger partial charge in [-0.15, -0.1) is 11.3 Å². The summed E-state index contributed by atoms with van der Waals surface area (Å²) in [7, 11) is 0. The van der Waals surface area contributed by atoms with Crippen molar-refractivity contribution in [2.45, 2.75) is 45.1 Å². The third-order valence-corrected chi connectivity index (χ3v) is 5.91. The molecule has 2 aliphatic carbocycles. The van der Waals surface area contributed by atoms with Crippen LogP contribution in [0.4, 0.5) is 0 Å². The summed E-state index contributed by atoms with van der Waals surface area (Å²) in [5.74, 6) is 1.50. The van der Waals surface area contributed by atoms with Gasteiger partial charge in [-0.25, -0.2) is 0 Å². The first-order valence-electron chi connectivity index (χ1n) is 7.60. The minimum Gasteiger partial charge on any atom is -0.358 e. The predicted molar refractivity (Wildman–Crippen MR) is 89.3 cm³/mol. The van der Waals surface area contributed by atoms with Gasteiger partial charge in [0.25, 0.3) is 5.91 Å². The molecule has 1 heterocycles. The number of nitrogens with one attached hydrogen (secondary N) is 3. The highest BCUT2D eigenvalue weighted by atomic mass is 32.1. The highest BCUT2D eigenvalue weighted by molar-refractivity contribution is 7.80. The molecule has 4 nitrogen and oxygen atoms in total. The normalized spacial score (nSPS) is 26.6. The van der Waals surface area contributed by atoms with Crippen molar-refractivity contribution in [2.75, 3.05) is 0 Å². The van der Waals surface area contributed by atoms with Crippen LogP contribution >= 0.6 is 23.6 Å². The smallest absolute Gasteiger partial charge is 0.270 e. The fourth-order valence-corrected chi connectivity index (χ4v) is 4.51. The van der Waals surface area contributed by atoms with E-state index in [2.05, 4.69) is 23.1 Å². The lowest BCUT2D eigenvalue weighted by Gasteiger charge is -2.24. The number of thiocarbonyl (C=S) groups is 1. The molecule has 1 aromatic heterocycles. The zero-order chi connectivity index (χ0) is 14.8. The Bertz CT molecular complexity index is 543. The topological polar surface area (TPSA) is 53.2 Å². The lowest BCUT2D eigenvalue weighted by molar-refractivity contribution is 0.0944. The van der Waals surface area contributed by atoms with E-state index < -0.39 is 0 Å². The van der Waals surface area contributed by atoms with Crippen LogP contribution in [-0.2, 0) is 6.42 Å². The maximum absolute atomic E-state index is 12.0. The van der Waals surface area contributed by atoms with Crippen molar-refractivity contribution in [3.63, 3.8) is 0 Å². The van der Waals surface area contributed by atoms with E-state index in [4.69, 9.17) is 12.2 Å². The fraction of sp³-hybridized carbons (Fsp3) is 0.600. The van der Waals surface area contributed by atoms with Crippen LogP contribution in [0.25, 0.3) is 0 Å². The zero-order valence-corrected chi connectivity index (χ0v) is 13.8. The first-order valence-corrected chi connectivity index (χ1v) is 8.88. The number of rotatable bonds is 3. The summed E-state index contributed by atoms with van der Waals surface area (Å²) in [4.78, 5) is 13.2. The van der Waals surface area contributed by atoms with Crippen LogP contribution in [0.1, 0.15) is 47.8 Å². The molecule has 0 aromatic carbocycles. The third-order valence-electron chi connectivity index (χ3n) is 4.61. The fourth-order valence-electron chi connectivity index (χ4n) is 3.50. The number of carbonyl (C=O) groups is 1. The van der Waals surface area contributed by atoms with E-state index in [1.165, 1.54) is 30.6 Å². The van der Waals surface area contributed by atoms with Crippen molar-refractivity contribution in [1.29, 1.82) is 0 Å². The van der Waals surface area contributed by atoms with E-state index in [1.807, 2.05) is 11.4 Å². The number of fused-ring (bicyclic) bond motifs is 2. The number of hydrogen-bond acceptors (Lipinski definition) is 3. The standard InChI is InChI=1S/C15H21N3OS2/c1-2-12-7-11(8-21-12)14(19)17-18-15(20)16-13-6-9-3-4-10(13)5-9/h7-10,13H,2-6H2,1H3,(H,17,19)(H2,16,18,20). The summed E-state index contributed by atoms with van der Waals surface area (Å²) in [6.07, 6.45) is 6.19. The molecular formula is C15H21N3OS2. The molecule has 2 saturated carbocycles. The van der Waals surface area contributed by atoms with Crippen LogP contribution in [0.3, 0.4) is 0 Å². The van der Waals surface area contributed by atoms with Crippen LogP contribution < -0.4 is 16.2 Å². The largest absolute Gasteiger partial charge is 0.358 e. The average Bonchev–Trinajstić information content (AvgIpc) is 3.20. The van der Waals surface area contributed by atoms with Gasteiger partial charge in [0.15, 0.2) is 5.11 Å². The van der Waals surface area contributed by atoms with Gasteiger partial charge in [0.1, 0.15) is 0 Å². The van der Waals surface area contributed by atoms with Gasteiger partial charge in [0, 0.05) is 16.3 Å². The van der Waals surface area contributed by atoms with Crippen LogP contribution in [0.5, 0.6) is 0 Å². The number of aryl methyl sites for hydroxylation is 1. The van der Waals surface area contributed by atoms with Crippen LogP contribution in [-0.4, -0.2) is 17.1 Å². The number of carbonyl (C=O) groups excluding carboxylic acids is 1. The van der Waals surface area contributed by atoms with Crippen molar-refractivity contribution in [3.05, 3.63) is 21.9 Å². The Balaban J connectivity index is 1.44. The molecule has 6 heteroatoms. The number of hydrazine groups is 1. The predicted octanol–water partition coefficient (Wildman–Crippen LogP) is 2.61. The Labute approximate surface area is 134 Å². The van der Waals surface area contributed by atoms with Crippen LogP contribution in [0.2, 0.25) is 0 Å². The van der Waals surface area contributed by atoms with Crippen molar-refractivity contribution in [2.24, 2.45) is 11.8 Å². The van der Waals surface area contributed by atoms with Gasteiger partial charge in [-0.2, -0.15) is 0 Å². The van der Waals surface area contributed by atoms with Gasteiger partial charge < -0.3 is 5.32 Å². The molecule has 1 amide bonds. The molecular weight excluding hydrogens is 302 g/mol. The second-order valence-electron chi connectivity index (χ2n) is 5.99. The molecule has 3 atom stereocenters. The molecule has 3 unspecified atom stereocenters. The van der Waals surface area contributed by atoms with E-state index in [0.717, 1.165) is 18.3 Å². The molecule has 0 aliphatic heterocycles. The van der Waals surface area contributed by atoms with Crippen molar-refractivity contribution in [3.8, 4) is 0 Å². The Kier molecular flexibility index (Phi) is 4.45. The summed E-state index contributed by atoms with van der Waals surface area (Å²) < 4.78 is 0. The first kappa shape index (κ1) is 14.8. The van der Waals surface area contributed by atoms with E-state index in [-0.39, 0.29) is 5.91 Å². The quantitative estimate of drug-likeness (QED) is 0.591. The van der Waals surface area contributed by atoms with Crippen molar-refractivity contribution in [1.82, 2.24) is 16.2 Å². The van der Waals surface area contributed by atoms with Gasteiger partial charge >= 0.3 is 0 Å². The summed E-state index contributed by atoms with van der Waals surface area (Å²) in [6.45, 7) is 2.08. The van der Waals surface area contributed by atoms with Gasteiger partial charge in [0.2, 0.25) is 0 Å². The SMILES string of the molecule is CCc1cc(C(=O)NNC(=S)NC2CC3CCC2C3)cs1. The molecule has 2 bridgehead atoms.